The molecule has 1 N–H and O–H groups in total. The van der Waals surface area contributed by atoms with E-state index in [1.807, 2.05) is 47.3 Å². The van der Waals surface area contributed by atoms with Gasteiger partial charge in [0.05, 0.1) is 18.8 Å². The molecule has 1 heterocycles. The molecule has 0 amide bonds. The zero-order chi connectivity index (χ0) is 13.5. The third-order valence-corrected chi connectivity index (χ3v) is 3.14. The van der Waals surface area contributed by atoms with Crippen molar-refractivity contribution < 1.29 is 4.84 Å². The van der Waals surface area contributed by atoms with Crippen LogP contribution in [0.1, 0.15) is 37.6 Å². The Balaban J connectivity index is 1.72. The highest BCUT2D eigenvalue weighted by Gasteiger charge is 2.04. The maximum absolute atomic E-state index is 5.42. The van der Waals surface area contributed by atoms with Crippen LogP contribution in [0.2, 0.25) is 0 Å². The number of nitrogens with one attached hydrogen (secondary N) is 1. The summed E-state index contributed by atoms with van der Waals surface area (Å²) in [4.78, 5) is 5.42. The van der Waals surface area contributed by atoms with Crippen LogP contribution in [0.5, 0.6) is 0 Å². The number of hydrogen-bond donors (Lipinski definition) is 1. The second-order valence-corrected chi connectivity index (χ2v) is 4.64. The molecule has 0 bridgehead atoms. The molecule has 1 unspecified atom stereocenters. The fourth-order valence-corrected chi connectivity index (χ4v) is 1.74. The van der Waals surface area contributed by atoms with Gasteiger partial charge in [-0.1, -0.05) is 37.3 Å². The van der Waals surface area contributed by atoms with Gasteiger partial charge in [-0.15, -0.1) is 0 Å². The van der Waals surface area contributed by atoms with Gasteiger partial charge in [0, 0.05) is 12.2 Å². The Kier molecular flexibility index (Phi) is 5.12. The van der Waals surface area contributed by atoms with E-state index in [2.05, 4.69) is 24.4 Å². The first-order valence-corrected chi connectivity index (χ1v) is 6.72. The summed E-state index contributed by atoms with van der Waals surface area (Å²) in [5.41, 5.74) is 5.09. The fraction of sp³-hybridized carbons (Fsp3) is 0.400. The van der Waals surface area contributed by atoms with Crippen LogP contribution in [0, 0.1) is 0 Å². The van der Waals surface area contributed by atoms with Crippen molar-refractivity contribution in [2.24, 2.45) is 0 Å². The van der Waals surface area contributed by atoms with Gasteiger partial charge in [-0.05, 0) is 25.0 Å². The van der Waals surface area contributed by atoms with Crippen molar-refractivity contribution in [2.75, 3.05) is 0 Å². The van der Waals surface area contributed by atoms with Gasteiger partial charge in [-0.2, -0.15) is 10.6 Å². The lowest BCUT2D eigenvalue weighted by molar-refractivity contribution is 0.0227. The minimum Gasteiger partial charge on any atom is -0.297 e. The van der Waals surface area contributed by atoms with Gasteiger partial charge < -0.3 is 0 Å². The molecule has 1 aromatic heterocycles. The zero-order valence-corrected chi connectivity index (χ0v) is 11.5. The Morgan fingerprint density at radius 1 is 1.26 bits per heavy atom. The maximum atomic E-state index is 5.42. The van der Waals surface area contributed by atoms with Crippen LogP contribution >= 0.6 is 0 Å². The molecule has 0 saturated heterocycles. The van der Waals surface area contributed by atoms with Gasteiger partial charge in [0.25, 0.3) is 0 Å². The normalized spacial score (nSPS) is 12.5. The van der Waals surface area contributed by atoms with Crippen LogP contribution in [-0.4, -0.2) is 9.78 Å². The van der Waals surface area contributed by atoms with E-state index in [4.69, 9.17) is 4.84 Å². The topological polar surface area (TPSA) is 39.1 Å². The van der Waals surface area contributed by atoms with Gasteiger partial charge in [-0.3, -0.25) is 9.52 Å². The summed E-state index contributed by atoms with van der Waals surface area (Å²) in [5, 5.41) is 4.50. The molecule has 0 aliphatic carbocycles. The number of hydrogen-bond acceptors (Lipinski definition) is 3. The third-order valence-electron chi connectivity index (χ3n) is 3.14. The molecule has 2 aromatic rings. The van der Waals surface area contributed by atoms with Crippen LogP contribution < -0.4 is 5.48 Å². The van der Waals surface area contributed by atoms with Crippen molar-refractivity contribution in [3.63, 3.8) is 0 Å². The summed E-state index contributed by atoms with van der Waals surface area (Å²) in [6.45, 7) is 5.51. The minimum atomic E-state index is 0.444. The predicted molar refractivity (Wildman–Crippen MR) is 75.3 cm³/mol. The summed E-state index contributed by atoms with van der Waals surface area (Å²) in [6, 6.07) is 12.6. The summed E-state index contributed by atoms with van der Waals surface area (Å²) >= 11 is 0. The Morgan fingerprint density at radius 2 is 2.05 bits per heavy atom. The molecular weight excluding hydrogens is 238 g/mol. The molecule has 4 heteroatoms. The highest BCUT2D eigenvalue weighted by atomic mass is 16.6. The van der Waals surface area contributed by atoms with Crippen molar-refractivity contribution in [3.8, 4) is 0 Å². The van der Waals surface area contributed by atoms with Gasteiger partial charge in [0.1, 0.15) is 0 Å². The molecule has 102 valence electrons. The number of benzene rings is 1. The van der Waals surface area contributed by atoms with E-state index in [1.165, 1.54) is 0 Å². The minimum absolute atomic E-state index is 0.444. The fourth-order valence-electron chi connectivity index (χ4n) is 1.74. The number of aromatic nitrogens is 2. The molecule has 0 spiro atoms. The molecule has 4 nitrogen and oxygen atoms in total. The number of rotatable bonds is 7. The summed E-state index contributed by atoms with van der Waals surface area (Å²) in [6.07, 6.45) is 3.10. The van der Waals surface area contributed by atoms with E-state index >= 15 is 0 Å². The van der Waals surface area contributed by atoms with Crippen molar-refractivity contribution in [1.82, 2.24) is 15.3 Å². The third kappa shape index (κ3) is 4.19. The average molecular weight is 259 g/mol. The van der Waals surface area contributed by atoms with Crippen LogP contribution in [0.25, 0.3) is 0 Å². The monoisotopic (exact) mass is 259 g/mol. The van der Waals surface area contributed by atoms with E-state index in [-0.39, 0.29) is 0 Å². The molecular formula is C15H21N3O. The van der Waals surface area contributed by atoms with E-state index in [0.29, 0.717) is 19.2 Å². The highest BCUT2D eigenvalue weighted by Crippen LogP contribution is 2.09. The molecule has 19 heavy (non-hydrogen) atoms. The second kappa shape index (κ2) is 7.07. The predicted octanol–water partition coefficient (Wildman–Crippen LogP) is 3.08. The quantitative estimate of drug-likeness (QED) is 0.613. The standard InChI is InChI=1S/C15H21N3O/c1-3-13(2)18-10-9-15(17-18)11-16-19-12-14-7-5-4-6-8-14/h4-10,13,16H,3,11-12H2,1-2H3. The molecule has 0 saturated carbocycles. The van der Waals surface area contributed by atoms with Crippen molar-refractivity contribution in [1.29, 1.82) is 0 Å². The molecule has 2 rings (SSSR count). The number of hydroxylamine groups is 1. The van der Waals surface area contributed by atoms with Gasteiger partial charge in [0.2, 0.25) is 0 Å². The van der Waals surface area contributed by atoms with Gasteiger partial charge in [0.15, 0.2) is 0 Å². The molecule has 0 aliphatic heterocycles. The molecule has 0 aliphatic rings. The first kappa shape index (κ1) is 13.8. The lowest BCUT2D eigenvalue weighted by atomic mass is 10.2. The molecule has 1 atom stereocenters. The van der Waals surface area contributed by atoms with Crippen molar-refractivity contribution in [2.45, 2.75) is 39.5 Å². The molecule has 0 fully saturated rings. The largest absolute Gasteiger partial charge is 0.297 e. The van der Waals surface area contributed by atoms with E-state index in [1.54, 1.807) is 0 Å². The average Bonchev–Trinajstić information content (AvgIpc) is 2.93. The van der Waals surface area contributed by atoms with Crippen LogP contribution in [0.4, 0.5) is 0 Å². The van der Waals surface area contributed by atoms with Gasteiger partial charge >= 0.3 is 0 Å². The SMILES string of the molecule is CCC(C)n1ccc(CNOCc2ccccc2)n1. The highest BCUT2D eigenvalue weighted by molar-refractivity contribution is 5.13. The van der Waals surface area contributed by atoms with Crippen molar-refractivity contribution >= 4 is 0 Å². The summed E-state index contributed by atoms with van der Waals surface area (Å²) < 4.78 is 1.99. The van der Waals surface area contributed by atoms with E-state index < -0.39 is 0 Å². The summed E-state index contributed by atoms with van der Waals surface area (Å²) in [7, 11) is 0. The lowest BCUT2D eigenvalue weighted by Crippen LogP contribution is -2.15. The smallest absolute Gasteiger partial charge is 0.0933 e. The zero-order valence-electron chi connectivity index (χ0n) is 11.5. The lowest BCUT2D eigenvalue weighted by Gasteiger charge is -2.08. The Morgan fingerprint density at radius 3 is 2.79 bits per heavy atom. The van der Waals surface area contributed by atoms with E-state index in [9.17, 15) is 0 Å². The molecule has 0 radical (unpaired) electrons. The van der Waals surface area contributed by atoms with E-state index in [0.717, 1.165) is 17.7 Å². The van der Waals surface area contributed by atoms with Crippen LogP contribution in [0.3, 0.4) is 0 Å². The maximum Gasteiger partial charge on any atom is 0.0933 e. The van der Waals surface area contributed by atoms with Crippen LogP contribution in [-0.2, 0) is 18.0 Å². The number of nitrogens with zero attached hydrogens (tertiary/aromatic N) is 2. The first-order chi connectivity index (χ1) is 9.29. The Hall–Kier alpha value is -1.65. The van der Waals surface area contributed by atoms with Gasteiger partial charge in [-0.25, -0.2) is 0 Å². The van der Waals surface area contributed by atoms with Crippen molar-refractivity contribution in [3.05, 3.63) is 53.9 Å². The second-order valence-electron chi connectivity index (χ2n) is 4.64. The molecule has 1 aromatic carbocycles. The Labute approximate surface area is 114 Å². The van der Waals surface area contributed by atoms with Crippen LogP contribution in [0.15, 0.2) is 42.6 Å². The Bertz CT molecular complexity index is 481. The first-order valence-electron chi connectivity index (χ1n) is 6.72. The summed E-state index contributed by atoms with van der Waals surface area (Å²) in [5.74, 6) is 0.